The summed E-state index contributed by atoms with van der Waals surface area (Å²) in [6, 6.07) is 9.97. The Labute approximate surface area is 278 Å². The van der Waals surface area contributed by atoms with E-state index in [0.717, 1.165) is 97.2 Å². The number of hydrogen-bond donors (Lipinski definition) is 0. The molecular weight excluding hydrogens is 611 g/mol. The van der Waals surface area contributed by atoms with Crippen LogP contribution in [0, 0.1) is 11.3 Å². The second kappa shape index (κ2) is 12.2. The van der Waals surface area contributed by atoms with Gasteiger partial charge in [0, 0.05) is 58.2 Å². The number of fused-ring (bicyclic) bond motifs is 2. The summed E-state index contributed by atoms with van der Waals surface area (Å²) in [6.45, 7) is 19.6. The van der Waals surface area contributed by atoms with Crippen LogP contribution >= 0.6 is 0 Å². The van der Waals surface area contributed by atoms with Crippen LogP contribution in [-0.4, -0.2) is 95.0 Å². The van der Waals surface area contributed by atoms with E-state index in [1.165, 1.54) is 0 Å². The van der Waals surface area contributed by atoms with Gasteiger partial charge in [-0.3, -0.25) is 4.68 Å². The Morgan fingerprint density at radius 3 is 2.57 bits per heavy atom. The Morgan fingerprint density at radius 2 is 1.85 bits per heavy atom. The number of anilines is 1. The number of benzene rings is 1. The molecule has 0 unspecified atom stereocenters. The topological polar surface area (TPSA) is 99.8 Å². The van der Waals surface area contributed by atoms with Crippen LogP contribution in [-0.2, 0) is 27.5 Å². The highest BCUT2D eigenvalue weighted by atomic mass is 28.3. The van der Waals surface area contributed by atoms with E-state index in [9.17, 15) is 4.79 Å². The maximum absolute atomic E-state index is 12.4. The van der Waals surface area contributed by atoms with E-state index in [1.54, 1.807) is 6.33 Å². The largest absolute Gasteiger partial charge is 0.444 e. The van der Waals surface area contributed by atoms with Gasteiger partial charge in [0.25, 0.3) is 0 Å². The zero-order valence-corrected chi connectivity index (χ0v) is 29.8. The number of likely N-dealkylation sites (tertiary alicyclic amines) is 1. The normalized spacial score (nSPS) is 18.6. The first kappa shape index (κ1) is 32.1. The summed E-state index contributed by atoms with van der Waals surface area (Å²) in [6.07, 6.45) is 5.71. The summed E-state index contributed by atoms with van der Waals surface area (Å²) in [4.78, 5) is 26.0. The molecule has 2 saturated heterocycles. The van der Waals surface area contributed by atoms with Gasteiger partial charge in [0.05, 0.1) is 36.0 Å². The summed E-state index contributed by atoms with van der Waals surface area (Å²) < 4.78 is 21.8. The molecule has 5 heterocycles. The molecule has 11 nitrogen and oxygen atoms in total. The van der Waals surface area contributed by atoms with Gasteiger partial charge in [0.2, 0.25) is 0 Å². The van der Waals surface area contributed by atoms with Crippen molar-refractivity contribution in [2.45, 2.75) is 78.2 Å². The van der Waals surface area contributed by atoms with Crippen molar-refractivity contribution in [3.63, 3.8) is 0 Å². The first-order valence-electron chi connectivity index (χ1n) is 17.1. The molecular formula is C35H49N7O4Si. The predicted octanol–water partition coefficient (Wildman–Crippen LogP) is 6.24. The van der Waals surface area contributed by atoms with Gasteiger partial charge in [-0.2, -0.15) is 5.10 Å². The molecule has 3 aromatic heterocycles. The van der Waals surface area contributed by atoms with E-state index in [0.29, 0.717) is 25.9 Å². The fraction of sp³-hybridized carbons (Fsp3) is 0.600. The van der Waals surface area contributed by atoms with Crippen LogP contribution < -0.4 is 4.90 Å². The lowest BCUT2D eigenvalue weighted by molar-refractivity contribution is -0.0984. The fourth-order valence-electron chi connectivity index (χ4n) is 7.39. The number of morpholine rings is 1. The molecule has 1 aromatic carbocycles. The van der Waals surface area contributed by atoms with Gasteiger partial charge in [0.15, 0.2) is 0 Å². The smallest absolute Gasteiger partial charge is 0.410 e. The van der Waals surface area contributed by atoms with E-state index >= 15 is 0 Å². The van der Waals surface area contributed by atoms with Gasteiger partial charge < -0.3 is 28.6 Å². The summed E-state index contributed by atoms with van der Waals surface area (Å²) in [5.41, 5.74) is 4.00. The van der Waals surface area contributed by atoms with Crippen molar-refractivity contribution in [2.75, 3.05) is 50.9 Å². The Kier molecular flexibility index (Phi) is 8.33. The van der Waals surface area contributed by atoms with E-state index in [4.69, 9.17) is 29.3 Å². The van der Waals surface area contributed by atoms with Crippen LogP contribution in [0.5, 0.6) is 0 Å². The third kappa shape index (κ3) is 6.77. The standard InChI is InChI=1S/C35H49N7O4Si/c1-34(2,3)46-33(43)40-21-35(22-40)17-25(18-35)20-42-29-8-7-26(15-27(29)19-38-42)30-16-28-31(39-9-11-44-12-10-39)36-23-37-32(28)41(30)24-45-13-14-47(4,5)6/h7-8,15-16,19,23,25H,9-14,17-18,20-22,24H2,1-6H3. The van der Waals surface area contributed by atoms with E-state index in [-0.39, 0.29) is 11.5 Å². The molecule has 47 heavy (non-hydrogen) atoms. The Hall–Kier alpha value is -3.48. The third-order valence-corrected chi connectivity index (χ3v) is 11.4. The molecule has 12 heteroatoms. The van der Waals surface area contributed by atoms with E-state index in [1.807, 2.05) is 31.9 Å². The average molecular weight is 660 g/mol. The van der Waals surface area contributed by atoms with Gasteiger partial charge in [-0.05, 0) is 69.3 Å². The quantitative estimate of drug-likeness (QED) is 0.154. The number of nitrogens with zero attached hydrogens (tertiary/aromatic N) is 7. The predicted molar refractivity (Wildman–Crippen MR) is 186 cm³/mol. The number of amides is 1. The molecule has 0 bridgehead atoms. The second-order valence-electron chi connectivity index (χ2n) is 16.1. The molecule has 1 saturated carbocycles. The SMILES string of the molecule is CC(C)(C)OC(=O)N1CC2(CC(Cn3ncc4cc(-c5cc6c(N7CCOCC7)ncnc6n5COCC[Si](C)(C)C)ccc43)C2)C1. The van der Waals surface area contributed by atoms with Crippen LogP contribution in [0.3, 0.4) is 0 Å². The minimum atomic E-state index is -1.21. The van der Waals surface area contributed by atoms with Crippen LogP contribution in [0.2, 0.25) is 25.7 Å². The molecule has 3 aliphatic rings. The lowest BCUT2D eigenvalue weighted by atomic mass is 9.58. The monoisotopic (exact) mass is 659 g/mol. The average Bonchev–Trinajstić information content (AvgIpc) is 3.55. The molecule has 0 N–H and O–H groups in total. The number of aromatic nitrogens is 5. The summed E-state index contributed by atoms with van der Waals surface area (Å²) in [7, 11) is -1.21. The van der Waals surface area contributed by atoms with Gasteiger partial charge in [-0.1, -0.05) is 25.7 Å². The summed E-state index contributed by atoms with van der Waals surface area (Å²) in [5, 5.41) is 6.97. The zero-order valence-electron chi connectivity index (χ0n) is 28.8. The number of hydrogen-bond acceptors (Lipinski definition) is 8. The maximum Gasteiger partial charge on any atom is 0.410 e. The molecule has 1 aliphatic carbocycles. The van der Waals surface area contributed by atoms with Gasteiger partial charge in [0.1, 0.15) is 30.1 Å². The molecule has 2 aliphatic heterocycles. The molecule has 0 atom stereocenters. The fourth-order valence-corrected chi connectivity index (χ4v) is 8.15. The van der Waals surface area contributed by atoms with Crippen molar-refractivity contribution in [1.29, 1.82) is 0 Å². The zero-order chi connectivity index (χ0) is 33.0. The van der Waals surface area contributed by atoms with Crippen LogP contribution in [0.4, 0.5) is 10.6 Å². The maximum atomic E-state index is 12.4. The highest BCUT2D eigenvalue weighted by Gasteiger charge is 2.54. The van der Waals surface area contributed by atoms with Crippen LogP contribution in [0.1, 0.15) is 33.6 Å². The lowest BCUT2D eigenvalue weighted by Gasteiger charge is -2.58. The Bertz CT molecular complexity index is 1750. The molecule has 0 radical (unpaired) electrons. The first-order valence-corrected chi connectivity index (χ1v) is 20.8. The van der Waals surface area contributed by atoms with Crippen molar-refractivity contribution in [3.8, 4) is 11.3 Å². The molecule has 252 valence electrons. The van der Waals surface area contributed by atoms with Crippen LogP contribution in [0.25, 0.3) is 33.2 Å². The van der Waals surface area contributed by atoms with Crippen molar-refractivity contribution in [3.05, 3.63) is 36.8 Å². The first-order chi connectivity index (χ1) is 22.4. The molecule has 3 fully saturated rings. The molecule has 1 amide bonds. The van der Waals surface area contributed by atoms with Gasteiger partial charge in [-0.15, -0.1) is 0 Å². The number of ether oxygens (including phenoxy) is 3. The highest BCUT2D eigenvalue weighted by Crippen LogP contribution is 2.52. The number of carbonyl (C=O) groups excluding carboxylic acids is 1. The minimum Gasteiger partial charge on any atom is -0.444 e. The number of rotatable bonds is 9. The van der Waals surface area contributed by atoms with Crippen molar-refractivity contribution in [2.24, 2.45) is 11.3 Å². The van der Waals surface area contributed by atoms with Gasteiger partial charge >= 0.3 is 6.09 Å². The Morgan fingerprint density at radius 1 is 1.09 bits per heavy atom. The summed E-state index contributed by atoms with van der Waals surface area (Å²) >= 11 is 0. The van der Waals surface area contributed by atoms with Crippen LogP contribution in [0.15, 0.2) is 36.8 Å². The highest BCUT2D eigenvalue weighted by molar-refractivity contribution is 6.76. The molecule has 4 aromatic rings. The van der Waals surface area contributed by atoms with Gasteiger partial charge in [-0.25, -0.2) is 14.8 Å². The van der Waals surface area contributed by atoms with E-state index in [2.05, 4.69) is 58.1 Å². The van der Waals surface area contributed by atoms with Crippen molar-refractivity contribution < 1.29 is 19.0 Å². The van der Waals surface area contributed by atoms with Crippen molar-refractivity contribution in [1.82, 2.24) is 29.2 Å². The lowest BCUT2D eigenvalue weighted by Crippen LogP contribution is -2.64. The molecule has 1 spiro atoms. The van der Waals surface area contributed by atoms with E-state index < -0.39 is 13.7 Å². The molecule has 7 rings (SSSR count). The number of carbonyl (C=O) groups is 1. The second-order valence-corrected chi connectivity index (χ2v) is 21.7. The Balaban J connectivity index is 1.09. The van der Waals surface area contributed by atoms with Crippen molar-refractivity contribution >= 4 is 41.9 Å². The summed E-state index contributed by atoms with van der Waals surface area (Å²) in [5.74, 6) is 1.51. The minimum absolute atomic E-state index is 0.193. The third-order valence-electron chi connectivity index (χ3n) is 9.71.